The molecule has 1 atom stereocenters. The first kappa shape index (κ1) is 15.7. The van der Waals surface area contributed by atoms with E-state index in [1.165, 1.54) is 12.1 Å². The zero-order valence-corrected chi connectivity index (χ0v) is 10.3. The van der Waals surface area contributed by atoms with Crippen LogP contribution in [0.1, 0.15) is 22.3 Å². The van der Waals surface area contributed by atoms with E-state index in [1.54, 1.807) is 0 Å². The van der Waals surface area contributed by atoms with Crippen LogP contribution in [0, 0.1) is 0 Å². The van der Waals surface area contributed by atoms with Gasteiger partial charge in [-0.25, -0.2) is 4.79 Å². The lowest BCUT2D eigenvalue weighted by atomic mass is 10.1. The van der Waals surface area contributed by atoms with Gasteiger partial charge < -0.3 is 10.4 Å². The third-order valence-electron chi connectivity index (χ3n) is 2.46. The molecule has 0 saturated heterocycles. The Balaban J connectivity index is 2.92. The van der Waals surface area contributed by atoms with Gasteiger partial charge in [0.25, 0.3) is 5.91 Å². The number of carboxylic acid groups (broad SMARTS) is 1. The molecular formula is C13H12F3NO3. The number of halogens is 3. The number of hydrogen-bond donors (Lipinski definition) is 2. The highest BCUT2D eigenvalue weighted by Crippen LogP contribution is 2.29. The molecular weight excluding hydrogens is 275 g/mol. The van der Waals surface area contributed by atoms with Crippen LogP contribution >= 0.6 is 0 Å². The van der Waals surface area contributed by atoms with Gasteiger partial charge in [0.15, 0.2) is 0 Å². The summed E-state index contributed by atoms with van der Waals surface area (Å²) in [4.78, 5) is 22.6. The Hall–Kier alpha value is -2.31. The smallest absolute Gasteiger partial charge is 0.416 e. The van der Waals surface area contributed by atoms with E-state index in [0.29, 0.717) is 6.07 Å². The molecule has 1 rings (SSSR count). The maximum atomic E-state index is 12.5. The monoisotopic (exact) mass is 287 g/mol. The quantitative estimate of drug-likeness (QED) is 0.817. The molecule has 20 heavy (non-hydrogen) atoms. The van der Waals surface area contributed by atoms with Crippen LogP contribution in [0.2, 0.25) is 0 Å². The van der Waals surface area contributed by atoms with Crippen molar-refractivity contribution in [2.75, 3.05) is 0 Å². The minimum absolute atomic E-state index is 0.0277. The van der Waals surface area contributed by atoms with Gasteiger partial charge in [-0.3, -0.25) is 4.79 Å². The molecule has 0 spiro atoms. The first-order valence-corrected chi connectivity index (χ1v) is 5.57. The summed E-state index contributed by atoms with van der Waals surface area (Å²) in [5, 5.41) is 11.0. The van der Waals surface area contributed by atoms with E-state index in [9.17, 15) is 22.8 Å². The molecule has 0 saturated carbocycles. The van der Waals surface area contributed by atoms with Crippen molar-refractivity contribution in [3.05, 3.63) is 48.0 Å². The predicted octanol–water partition coefficient (Wildman–Crippen LogP) is 2.46. The number of nitrogens with one attached hydrogen (secondary N) is 1. The number of alkyl halides is 3. The maximum Gasteiger partial charge on any atom is 0.416 e. The number of aliphatic carboxylic acids is 1. The molecule has 2 N–H and O–H groups in total. The second kappa shape index (κ2) is 6.23. The van der Waals surface area contributed by atoms with Gasteiger partial charge in [-0.1, -0.05) is 12.1 Å². The van der Waals surface area contributed by atoms with Crippen LogP contribution in [0.3, 0.4) is 0 Å². The van der Waals surface area contributed by atoms with Crippen LogP contribution in [-0.4, -0.2) is 23.0 Å². The highest BCUT2D eigenvalue weighted by atomic mass is 19.4. The van der Waals surface area contributed by atoms with Crippen molar-refractivity contribution in [1.29, 1.82) is 0 Å². The van der Waals surface area contributed by atoms with Crippen molar-refractivity contribution in [3.63, 3.8) is 0 Å². The van der Waals surface area contributed by atoms with Gasteiger partial charge in [0.2, 0.25) is 0 Å². The van der Waals surface area contributed by atoms with Crippen molar-refractivity contribution in [2.24, 2.45) is 0 Å². The molecule has 108 valence electrons. The van der Waals surface area contributed by atoms with Crippen molar-refractivity contribution in [2.45, 2.75) is 18.6 Å². The summed E-state index contributed by atoms with van der Waals surface area (Å²) in [6.07, 6.45) is -3.30. The summed E-state index contributed by atoms with van der Waals surface area (Å²) >= 11 is 0. The zero-order chi connectivity index (χ0) is 15.3. The lowest BCUT2D eigenvalue weighted by Crippen LogP contribution is -2.40. The van der Waals surface area contributed by atoms with E-state index in [0.717, 1.165) is 12.1 Å². The maximum absolute atomic E-state index is 12.5. The highest BCUT2D eigenvalue weighted by molar-refractivity contribution is 5.96. The molecule has 0 fully saturated rings. The number of carbonyl (C=O) groups is 2. The zero-order valence-electron chi connectivity index (χ0n) is 10.3. The Labute approximate surface area is 112 Å². The van der Waals surface area contributed by atoms with Crippen LogP contribution in [-0.2, 0) is 11.0 Å². The van der Waals surface area contributed by atoms with Crippen molar-refractivity contribution in [3.8, 4) is 0 Å². The minimum atomic E-state index is -4.57. The number of rotatable bonds is 5. The molecule has 7 heteroatoms. The van der Waals surface area contributed by atoms with Gasteiger partial charge >= 0.3 is 12.1 Å². The first-order chi connectivity index (χ1) is 9.25. The van der Waals surface area contributed by atoms with E-state index in [2.05, 4.69) is 11.9 Å². The third kappa shape index (κ3) is 4.11. The molecule has 0 aliphatic rings. The molecule has 0 unspecified atom stereocenters. The van der Waals surface area contributed by atoms with Crippen LogP contribution in [0.15, 0.2) is 36.9 Å². The Morgan fingerprint density at radius 2 is 2.05 bits per heavy atom. The van der Waals surface area contributed by atoms with Crippen molar-refractivity contribution < 1.29 is 27.9 Å². The van der Waals surface area contributed by atoms with Crippen LogP contribution in [0.25, 0.3) is 0 Å². The molecule has 0 aliphatic heterocycles. The molecule has 0 aromatic heterocycles. The Morgan fingerprint density at radius 1 is 1.40 bits per heavy atom. The predicted molar refractivity (Wildman–Crippen MR) is 65.1 cm³/mol. The molecule has 0 heterocycles. The van der Waals surface area contributed by atoms with Crippen molar-refractivity contribution in [1.82, 2.24) is 5.32 Å². The Morgan fingerprint density at radius 3 is 2.55 bits per heavy atom. The average molecular weight is 287 g/mol. The minimum Gasteiger partial charge on any atom is -0.480 e. The van der Waals surface area contributed by atoms with E-state index in [4.69, 9.17) is 5.11 Å². The highest BCUT2D eigenvalue weighted by Gasteiger charge is 2.31. The average Bonchev–Trinajstić information content (AvgIpc) is 2.37. The second-order valence-electron chi connectivity index (χ2n) is 3.97. The molecule has 0 aliphatic carbocycles. The number of carbonyl (C=O) groups excluding carboxylic acids is 1. The van der Waals surface area contributed by atoms with Gasteiger partial charge in [-0.05, 0) is 24.6 Å². The molecule has 0 bridgehead atoms. The fourth-order valence-corrected chi connectivity index (χ4v) is 1.47. The number of amides is 1. The third-order valence-corrected chi connectivity index (χ3v) is 2.46. The summed E-state index contributed by atoms with van der Waals surface area (Å²) < 4.78 is 37.5. The second-order valence-corrected chi connectivity index (χ2v) is 3.97. The summed E-state index contributed by atoms with van der Waals surface area (Å²) in [6, 6.07) is 2.53. The van der Waals surface area contributed by atoms with Gasteiger partial charge in [-0.15, -0.1) is 6.58 Å². The van der Waals surface area contributed by atoms with Gasteiger partial charge in [0.1, 0.15) is 6.04 Å². The standard InChI is InChI=1S/C13H12F3NO3/c1-2-4-10(12(19)20)17-11(18)8-5-3-6-9(7-8)13(14,15)16/h2-3,5-7,10H,1,4H2,(H,17,18)(H,19,20)/t10-/m0/s1. The van der Waals surface area contributed by atoms with E-state index < -0.39 is 29.7 Å². The van der Waals surface area contributed by atoms with E-state index in [-0.39, 0.29) is 12.0 Å². The van der Waals surface area contributed by atoms with Gasteiger partial charge in [0, 0.05) is 5.56 Å². The summed E-state index contributed by atoms with van der Waals surface area (Å²) in [5.41, 5.74) is -1.23. The van der Waals surface area contributed by atoms with Crippen LogP contribution in [0.4, 0.5) is 13.2 Å². The Bertz CT molecular complexity index is 526. The molecule has 1 amide bonds. The lowest BCUT2D eigenvalue weighted by molar-refractivity contribution is -0.139. The molecule has 1 aromatic carbocycles. The largest absolute Gasteiger partial charge is 0.480 e. The number of carboxylic acids is 1. The fraction of sp³-hybridized carbons (Fsp3) is 0.231. The Kier molecular flexibility index (Phi) is 4.90. The first-order valence-electron chi connectivity index (χ1n) is 5.57. The number of hydrogen-bond acceptors (Lipinski definition) is 2. The topological polar surface area (TPSA) is 66.4 Å². The van der Waals surface area contributed by atoms with E-state index in [1.807, 2.05) is 0 Å². The van der Waals surface area contributed by atoms with Crippen LogP contribution in [0.5, 0.6) is 0 Å². The summed E-state index contributed by atoms with van der Waals surface area (Å²) in [6.45, 7) is 3.35. The SMILES string of the molecule is C=CC[C@H](NC(=O)c1cccc(C(F)(F)F)c1)C(=O)O. The normalized spacial score (nSPS) is 12.6. The lowest BCUT2D eigenvalue weighted by Gasteiger charge is -2.13. The van der Waals surface area contributed by atoms with Gasteiger partial charge in [0.05, 0.1) is 5.56 Å². The number of benzene rings is 1. The van der Waals surface area contributed by atoms with E-state index >= 15 is 0 Å². The summed E-state index contributed by atoms with van der Waals surface area (Å²) in [5.74, 6) is -2.17. The van der Waals surface area contributed by atoms with Gasteiger partial charge in [-0.2, -0.15) is 13.2 Å². The summed E-state index contributed by atoms with van der Waals surface area (Å²) in [7, 11) is 0. The molecule has 4 nitrogen and oxygen atoms in total. The fourth-order valence-electron chi connectivity index (χ4n) is 1.47. The van der Waals surface area contributed by atoms with Crippen molar-refractivity contribution >= 4 is 11.9 Å². The molecule has 1 aromatic rings. The molecule has 0 radical (unpaired) electrons. The van der Waals surface area contributed by atoms with Crippen LogP contribution < -0.4 is 5.32 Å².